The molecule has 0 radical (unpaired) electrons. The molecule has 2 aliphatic heterocycles. The monoisotopic (exact) mass is 424 g/mol. The highest BCUT2D eigenvalue weighted by molar-refractivity contribution is 5.70. The van der Waals surface area contributed by atoms with E-state index < -0.39 is 0 Å². The van der Waals surface area contributed by atoms with Gasteiger partial charge in [0.15, 0.2) is 0 Å². The van der Waals surface area contributed by atoms with Gasteiger partial charge in [0, 0.05) is 23.2 Å². The number of aromatic nitrogens is 4. The fourth-order valence-electron chi connectivity index (χ4n) is 4.86. The van der Waals surface area contributed by atoms with Crippen molar-refractivity contribution in [2.45, 2.75) is 37.8 Å². The predicted octanol–water partition coefficient (Wildman–Crippen LogP) is 4.98. The second-order valence-corrected chi connectivity index (χ2v) is 8.83. The maximum absolute atomic E-state index is 4.60. The number of benzene rings is 2. The molecule has 162 valence electrons. The summed E-state index contributed by atoms with van der Waals surface area (Å²) in [5.41, 5.74) is 6.97. The molecule has 2 atom stereocenters. The van der Waals surface area contributed by atoms with E-state index in [2.05, 4.69) is 79.1 Å². The minimum Gasteiger partial charge on any atom is -0.341 e. The number of nitrogens with zero attached hydrogens (tertiary/aromatic N) is 2. The molecule has 4 N–H and O–H groups in total. The first kappa shape index (κ1) is 19.5. The Morgan fingerprint density at radius 1 is 0.562 bits per heavy atom. The van der Waals surface area contributed by atoms with Gasteiger partial charge in [-0.3, -0.25) is 0 Å². The van der Waals surface area contributed by atoms with Crippen LogP contribution < -0.4 is 10.6 Å². The molecular weight excluding hydrogens is 396 g/mol. The second kappa shape index (κ2) is 8.37. The van der Waals surface area contributed by atoms with Gasteiger partial charge in [0.2, 0.25) is 0 Å². The lowest BCUT2D eigenvalue weighted by Gasteiger charge is -2.07. The average Bonchev–Trinajstić information content (AvgIpc) is 3.66. The quantitative estimate of drug-likeness (QED) is 0.364. The number of imidazole rings is 2. The van der Waals surface area contributed by atoms with Gasteiger partial charge in [-0.05, 0) is 49.9 Å². The lowest BCUT2D eigenvalue weighted by atomic mass is 10.0. The van der Waals surface area contributed by atoms with E-state index in [9.17, 15) is 0 Å². The largest absolute Gasteiger partial charge is 0.341 e. The third-order valence-corrected chi connectivity index (χ3v) is 6.71. The Kier molecular flexibility index (Phi) is 5.09. The predicted molar refractivity (Wildman–Crippen MR) is 127 cm³/mol. The zero-order valence-corrected chi connectivity index (χ0v) is 18.1. The van der Waals surface area contributed by atoms with Gasteiger partial charge in [-0.1, -0.05) is 48.5 Å². The molecule has 4 aromatic rings. The summed E-state index contributed by atoms with van der Waals surface area (Å²) in [4.78, 5) is 16.2. The van der Waals surface area contributed by atoms with E-state index >= 15 is 0 Å². The number of nitrogens with one attached hydrogen (secondary N) is 4. The van der Waals surface area contributed by atoms with Crippen LogP contribution in [0.1, 0.15) is 49.2 Å². The summed E-state index contributed by atoms with van der Waals surface area (Å²) in [7, 11) is 0. The lowest BCUT2D eigenvalue weighted by Crippen LogP contribution is -2.12. The van der Waals surface area contributed by atoms with Crippen LogP contribution >= 0.6 is 0 Å². The highest BCUT2D eigenvalue weighted by Crippen LogP contribution is 2.29. The van der Waals surface area contributed by atoms with E-state index in [1.807, 2.05) is 12.4 Å². The third-order valence-electron chi connectivity index (χ3n) is 6.71. The highest BCUT2D eigenvalue weighted by Gasteiger charge is 2.19. The normalized spacial score (nSPS) is 20.8. The van der Waals surface area contributed by atoms with Crippen molar-refractivity contribution in [2.75, 3.05) is 13.1 Å². The van der Waals surface area contributed by atoms with Gasteiger partial charge in [-0.2, -0.15) is 0 Å². The molecule has 6 heteroatoms. The lowest BCUT2D eigenvalue weighted by molar-refractivity contribution is 0.632. The fourth-order valence-corrected chi connectivity index (χ4v) is 4.86. The molecule has 4 heterocycles. The van der Waals surface area contributed by atoms with Crippen molar-refractivity contribution < 1.29 is 0 Å². The van der Waals surface area contributed by atoms with E-state index in [0.29, 0.717) is 12.1 Å². The van der Waals surface area contributed by atoms with Gasteiger partial charge in [0.25, 0.3) is 0 Å². The van der Waals surface area contributed by atoms with Gasteiger partial charge < -0.3 is 20.6 Å². The van der Waals surface area contributed by atoms with Crippen molar-refractivity contribution in [1.82, 2.24) is 30.6 Å². The molecule has 0 saturated carbocycles. The summed E-state index contributed by atoms with van der Waals surface area (Å²) in [5.74, 6) is 1.86. The molecular formula is C26H28N6. The maximum atomic E-state index is 4.60. The number of H-pyrrole nitrogens is 2. The standard InChI is InChI=1S/C26H28N6/c1-3-21(27-13-1)23-15-29-25(31-23)19-9-5-17(6-10-19)18-7-11-20(12-8-18)26-30-16-24(32-26)22-4-2-14-28-22/h5-12,15-16,21-22,27-28H,1-4,13-14H2,(H,29,31)(H,30,32). The van der Waals surface area contributed by atoms with Crippen LogP contribution in [0, 0.1) is 0 Å². The molecule has 2 aromatic heterocycles. The van der Waals surface area contributed by atoms with Crippen LogP contribution in [0.4, 0.5) is 0 Å². The molecule has 2 unspecified atom stereocenters. The number of hydrogen-bond donors (Lipinski definition) is 4. The Labute approximate surface area is 187 Å². The summed E-state index contributed by atoms with van der Waals surface area (Å²) >= 11 is 0. The molecule has 6 nitrogen and oxygen atoms in total. The zero-order valence-electron chi connectivity index (χ0n) is 18.1. The van der Waals surface area contributed by atoms with Gasteiger partial charge in [-0.15, -0.1) is 0 Å². The molecule has 0 bridgehead atoms. The molecule has 32 heavy (non-hydrogen) atoms. The third kappa shape index (κ3) is 3.76. The van der Waals surface area contributed by atoms with Crippen LogP contribution in [0.3, 0.4) is 0 Å². The molecule has 2 aromatic carbocycles. The molecule has 2 saturated heterocycles. The van der Waals surface area contributed by atoms with Gasteiger partial charge >= 0.3 is 0 Å². The molecule has 0 amide bonds. The van der Waals surface area contributed by atoms with Crippen molar-refractivity contribution in [1.29, 1.82) is 0 Å². The van der Waals surface area contributed by atoms with Crippen molar-refractivity contribution in [3.63, 3.8) is 0 Å². The minimum absolute atomic E-state index is 0.411. The summed E-state index contributed by atoms with van der Waals surface area (Å²) in [6, 6.07) is 18.0. The van der Waals surface area contributed by atoms with Crippen molar-refractivity contribution >= 4 is 0 Å². The van der Waals surface area contributed by atoms with E-state index in [1.165, 1.54) is 48.2 Å². The number of hydrogen-bond acceptors (Lipinski definition) is 4. The van der Waals surface area contributed by atoms with Crippen LogP contribution in [-0.4, -0.2) is 33.0 Å². The van der Waals surface area contributed by atoms with Crippen molar-refractivity contribution in [3.05, 3.63) is 72.3 Å². The van der Waals surface area contributed by atoms with E-state index in [0.717, 1.165) is 35.9 Å². The molecule has 0 aliphatic carbocycles. The first-order chi connectivity index (χ1) is 15.8. The van der Waals surface area contributed by atoms with E-state index in [1.54, 1.807) is 0 Å². The number of aromatic amines is 2. The van der Waals surface area contributed by atoms with Gasteiger partial charge in [-0.25, -0.2) is 9.97 Å². The molecule has 2 fully saturated rings. The summed E-state index contributed by atoms with van der Waals surface area (Å²) in [5, 5.41) is 7.04. The Hall–Kier alpha value is -3.22. The SMILES string of the molecule is c1cc(-c2ncc(C3CCCN3)[nH]2)ccc1-c1ccc(-c2ncc(C3CCCN3)[nH]2)cc1. The molecule has 2 aliphatic rings. The Morgan fingerprint density at radius 2 is 0.969 bits per heavy atom. The van der Waals surface area contributed by atoms with Crippen LogP contribution in [-0.2, 0) is 0 Å². The topological polar surface area (TPSA) is 81.4 Å². The summed E-state index contributed by atoms with van der Waals surface area (Å²) in [6.45, 7) is 2.18. The first-order valence-electron chi connectivity index (χ1n) is 11.6. The van der Waals surface area contributed by atoms with E-state index in [4.69, 9.17) is 0 Å². The Morgan fingerprint density at radius 3 is 1.34 bits per heavy atom. The van der Waals surface area contributed by atoms with Gasteiger partial charge in [0.1, 0.15) is 11.6 Å². The van der Waals surface area contributed by atoms with E-state index in [-0.39, 0.29) is 0 Å². The van der Waals surface area contributed by atoms with Crippen LogP contribution in [0.25, 0.3) is 33.9 Å². The number of rotatable bonds is 5. The second-order valence-electron chi connectivity index (χ2n) is 8.83. The van der Waals surface area contributed by atoms with Gasteiger partial charge in [0.05, 0.1) is 23.8 Å². The molecule has 6 rings (SSSR count). The Bertz CT molecular complexity index is 1080. The van der Waals surface area contributed by atoms with Crippen molar-refractivity contribution in [2.24, 2.45) is 0 Å². The minimum atomic E-state index is 0.411. The zero-order chi connectivity index (χ0) is 21.3. The summed E-state index contributed by atoms with van der Waals surface area (Å²) in [6.07, 6.45) is 8.74. The van der Waals surface area contributed by atoms with Crippen molar-refractivity contribution in [3.8, 4) is 33.9 Å². The first-order valence-corrected chi connectivity index (χ1v) is 11.6. The maximum Gasteiger partial charge on any atom is 0.137 e. The van der Waals surface area contributed by atoms with Crippen LogP contribution in [0.15, 0.2) is 60.9 Å². The Balaban J connectivity index is 1.17. The highest BCUT2D eigenvalue weighted by atomic mass is 15.0. The smallest absolute Gasteiger partial charge is 0.137 e. The summed E-state index contributed by atoms with van der Waals surface area (Å²) < 4.78 is 0. The average molecular weight is 425 g/mol. The fraction of sp³-hybridized carbons (Fsp3) is 0.308. The van der Waals surface area contributed by atoms with Crippen LogP contribution in [0.5, 0.6) is 0 Å². The molecule has 0 spiro atoms. The van der Waals surface area contributed by atoms with Crippen LogP contribution in [0.2, 0.25) is 0 Å².